The van der Waals surface area contributed by atoms with Gasteiger partial charge in [0.05, 0.1) is 6.04 Å². The number of nitrogens with one attached hydrogen (secondary N) is 1. The van der Waals surface area contributed by atoms with Crippen molar-refractivity contribution in [1.82, 2.24) is 10.2 Å². The molecule has 3 N–H and O–H groups in total. The molecule has 4 heteroatoms. The summed E-state index contributed by atoms with van der Waals surface area (Å²) in [5, 5.41) is 2.95. The molecule has 0 saturated carbocycles. The summed E-state index contributed by atoms with van der Waals surface area (Å²) in [5.74, 6) is 0.473. The summed E-state index contributed by atoms with van der Waals surface area (Å²) in [6.07, 6.45) is 7.01. The van der Waals surface area contributed by atoms with Crippen LogP contribution in [-0.4, -0.2) is 42.5 Å². The van der Waals surface area contributed by atoms with Crippen LogP contribution in [0.25, 0.3) is 0 Å². The first kappa shape index (κ1) is 17.4. The second kappa shape index (κ2) is 9.35. The molecular formula is C16H33N3O. The quantitative estimate of drug-likeness (QED) is 0.671. The van der Waals surface area contributed by atoms with Crippen LogP contribution in [0, 0.1) is 5.92 Å². The Morgan fingerprint density at radius 2 is 2.10 bits per heavy atom. The summed E-state index contributed by atoms with van der Waals surface area (Å²) in [5.41, 5.74) is 5.85. The SMILES string of the molecule is CC(C)C[C@H](N)C(=O)NCCCCN1CCCCC1C. The number of unbranched alkanes of at least 4 members (excludes halogenated alkanes) is 1. The number of carbonyl (C=O) groups is 1. The molecule has 1 aliphatic heterocycles. The van der Waals surface area contributed by atoms with Gasteiger partial charge in [-0.05, 0) is 58.0 Å². The molecule has 1 aliphatic rings. The number of likely N-dealkylation sites (tertiary alicyclic amines) is 1. The average molecular weight is 283 g/mol. The van der Waals surface area contributed by atoms with Crippen LogP contribution in [0.4, 0.5) is 0 Å². The molecule has 20 heavy (non-hydrogen) atoms. The highest BCUT2D eigenvalue weighted by atomic mass is 16.2. The lowest BCUT2D eigenvalue weighted by atomic mass is 10.0. The molecule has 1 saturated heterocycles. The molecule has 0 aromatic rings. The Balaban J connectivity index is 2.05. The highest BCUT2D eigenvalue weighted by Crippen LogP contribution is 2.16. The smallest absolute Gasteiger partial charge is 0.236 e. The molecule has 1 unspecified atom stereocenters. The van der Waals surface area contributed by atoms with E-state index in [9.17, 15) is 4.79 Å². The molecule has 1 amide bonds. The molecule has 2 atom stereocenters. The van der Waals surface area contributed by atoms with Crippen LogP contribution < -0.4 is 11.1 Å². The maximum absolute atomic E-state index is 11.7. The van der Waals surface area contributed by atoms with Gasteiger partial charge in [0.2, 0.25) is 5.91 Å². The summed E-state index contributed by atoms with van der Waals surface area (Å²) in [7, 11) is 0. The fourth-order valence-corrected chi connectivity index (χ4v) is 2.89. The Labute approximate surface area is 124 Å². The largest absolute Gasteiger partial charge is 0.355 e. The van der Waals surface area contributed by atoms with E-state index in [2.05, 4.69) is 31.0 Å². The minimum Gasteiger partial charge on any atom is -0.355 e. The van der Waals surface area contributed by atoms with E-state index in [1.54, 1.807) is 0 Å². The molecule has 1 fully saturated rings. The van der Waals surface area contributed by atoms with Crippen LogP contribution in [0.5, 0.6) is 0 Å². The van der Waals surface area contributed by atoms with Gasteiger partial charge in [0.15, 0.2) is 0 Å². The van der Waals surface area contributed by atoms with Gasteiger partial charge in [0.25, 0.3) is 0 Å². The molecule has 0 aromatic carbocycles. The van der Waals surface area contributed by atoms with Crippen molar-refractivity contribution < 1.29 is 4.79 Å². The van der Waals surface area contributed by atoms with E-state index in [0.29, 0.717) is 5.92 Å². The van der Waals surface area contributed by atoms with E-state index in [1.165, 1.54) is 25.8 Å². The molecule has 1 rings (SSSR count). The first-order valence-corrected chi connectivity index (χ1v) is 8.28. The monoisotopic (exact) mass is 283 g/mol. The van der Waals surface area contributed by atoms with Crippen molar-refractivity contribution in [3.05, 3.63) is 0 Å². The highest BCUT2D eigenvalue weighted by Gasteiger charge is 2.17. The van der Waals surface area contributed by atoms with Crippen LogP contribution in [-0.2, 0) is 4.79 Å². The van der Waals surface area contributed by atoms with Crippen molar-refractivity contribution in [2.24, 2.45) is 11.7 Å². The third-order valence-electron chi connectivity index (χ3n) is 4.17. The van der Waals surface area contributed by atoms with Gasteiger partial charge in [-0.3, -0.25) is 4.79 Å². The van der Waals surface area contributed by atoms with Gasteiger partial charge in [0, 0.05) is 12.6 Å². The Hall–Kier alpha value is -0.610. The highest BCUT2D eigenvalue weighted by molar-refractivity contribution is 5.81. The van der Waals surface area contributed by atoms with E-state index in [1.807, 2.05) is 0 Å². The predicted molar refractivity (Wildman–Crippen MR) is 84.6 cm³/mol. The lowest BCUT2D eigenvalue weighted by Crippen LogP contribution is -2.42. The molecule has 118 valence electrons. The number of piperidine rings is 1. The third kappa shape index (κ3) is 6.71. The Bertz CT molecular complexity index is 281. The van der Waals surface area contributed by atoms with Crippen molar-refractivity contribution in [2.75, 3.05) is 19.6 Å². The molecule has 4 nitrogen and oxygen atoms in total. The summed E-state index contributed by atoms with van der Waals surface area (Å²) in [6.45, 7) is 9.67. The molecular weight excluding hydrogens is 250 g/mol. The van der Waals surface area contributed by atoms with Crippen molar-refractivity contribution in [3.8, 4) is 0 Å². The van der Waals surface area contributed by atoms with Crippen LogP contribution in [0.3, 0.4) is 0 Å². The van der Waals surface area contributed by atoms with E-state index < -0.39 is 0 Å². The fraction of sp³-hybridized carbons (Fsp3) is 0.938. The number of amides is 1. The number of nitrogens with two attached hydrogens (primary N) is 1. The molecule has 0 spiro atoms. The maximum Gasteiger partial charge on any atom is 0.236 e. The normalized spacial score (nSPS) is 21.9. The Kier molecular flexibility index (Phi) is 8.15. The van der Waals surface area contributed by atoms with Crippen molar-refractivity contribution in [1.29, 1.82) is 0 Å². The molecule has 0 bridgehead atoms. The van der Waals surface area contributed by atoms with Gasteiger partial charge in [0.1, 0.15) is 0 Å². The van der Waals surface area contributed by atoms with Crippen LogP contribution in [0.15, 0.2) is 0 Å². The van der Waals surface area contributed by atoms with E-state index in [4.69, 9.17) is 5.73 Å². The average Bonchev–Trinajstić information content (AvgIpc) is 2.39. The van der Waals surface area contributed by atoms with E-state index >= 15 is 0 Å². The van der Waals surface area contributed by atoms with Gasteiger partial charge in [-0.25, -0.2) is 0 Å². The van der Waals surface area contributed by atoms with E-state index in [-0.39, 0.29) is 11.9 Å². The maximum atomic E-state index is 11.7. The lowest BCUT2D eigenvalue weighted by Gasteiger charge is -2.33. The number of hydrogen-bond acceptors (Lipinski definition) is 3. The first-order chi connectivity index (χ1) is 9.50. The van der Waals surface area contributed by atoms with Crippen LogP contribution >= 0.6 is 0 Å². The van der Waals surface area contributed by atoms with Crippen LogP contribution in [0.1, 0.15) is 59.3 Å². The predicted octanol–water partition coefficient (Wildman–Crippen LogP) is 2.13. The Morgan fingerprint density at radius 3 is 2.75 bits per heavy atom. The summed E-state index contributed by atoms with van der Waals surface area (Å²) in [4.78, 5) is 14.3. The van der Waals surface area contributed by atoms with Crippen molar-refractivity contribution in [3.63, 3.8) is 0 Å². The minimum absolute atomic E-state index is 0.00467. The summed E-state index contributed by atoms with van der Waals surface area (Å²) >= 11 is 0. The minimum atomic E-state index is -0.350. The second-order valence-electron chi connectivity index (χ2n) is 6.61. The number of hydrogen-bond donors (Lipinski definition) is 2. The van der Waals surface area contributed by atoms with Gasteiger partial charge in [-0.15, -0.1) is 0 Å². The van der Waals surface area contributed by atoms with E-state index in [0.717, 1.165) is 38.4 Å². The van der Waals surface area contributed by atoms with Gasteiger partial charge >= 0.3 is 0 Å². The van der Waals surface area contributed by atoms with Crippen molar-refractivity contribution >= 4 is 5.91 Å². The van der Waals surface area contributed by atoms with Crippen LogP contribution in [0.2, 0.25) is 0 Å². The topological polar surface area (TPSA) is 58.4 Å². The summed E-state index contributed by atoms with van der Waals surface area (Å²) < 4.78 is 0. The molecule has 0 aliphatic carbocycles. The number of nitrogens with zero attached hydrogens (tertiary/aromatic N) is 1. The zero-order valence-corrected chi connectivity index (χ0v) is 13.5. The van der Waals surface area contributed by atoms with Gasteiger partial charge in [-0.2, -0.15) is 0 Å². The Morgan fingerprint density at radius 1 is 1.35 bits per heavy atom. The first-order valence-electron chi connectivity index (χ1n) is 8.28. The summed E-state index contributed by atoms with van der Waals surface area (Å²) in [6, 6.07) is 0.384. The number of rotatable bonds is 8. The zero-order valence-electron chi connectivity index (χ0n) is 13.5. The molecule has 0 radical (unpaired) electrons. The second-order valence-corrected chi connectivity index (χ2v) is 6.61. The number of carbonyl (C=O) groups excluding carboxylic acids is 1. The lowest BCUT2D eigenvalue weighted by molar-refractivity contribution is -0.122. The van der Waals surface area contributed by atoms with Crippen molar-refractivity contribution in [2.45, 2.75) is 71.4 Å². The molecule has 1 heterocycles. The standard InChI is InChI=1S/C16H33N3O/c1-13(2)12-15(17)16(20)18-9-5-7-11-19-10-6-4-8-14(19)3/h13-15H,4-12,17H2,1-3H3,(H,18,20)/t14?,15-/m0/s1. The molecule has 0 aromatic heterocycles. The fourth-order valence-electron chi connectivity index (χ4n) is 2.89. The zero-order chi connectivity index (χ0) is 15.0. The van der Waals surface area contributed by atoms with Gasteiger partial charge < -0.3 is 16.0 Å². The third-order valence-corrected chi connectivity index (χ3v) is 4.17. The van der Waals surface area contributed by atoms with Gasteiger partial charge in [-0.1, -0.05) is 20.3 Å².